The van der Waals surface area contributed by atoms with Crippen LogP contribution in [0.1, 0.15) is 29.7 Å². The Kier molecular flexibility index (Phi) is 6.43. The van der Waals surface area contributed by atoms with Gasteiger partial charge in [-0.1, -0.05) is 45.5 Å². The van der Waals surface area contributed by atoms with Gasteiger partial charge in [0.25, 0.3) is 0 Å². The Hall–Kier alpha value is -2.89. The number of carbonyl (C=O) groups is 3. The van der Waals surface area contributed by atoms with Gasteiger partial charge < -0.3 is 14.5 Å². The molecule has 8 nitrogen and oxygen atoms in total. The highest BCUT2D eigenvalue weighted by molar-refractivity contribution is 9.10. The Labute approximate surface area is 246 Å². The molecule has 11 heteroatoms. The van der Waals surface area contributed by atoms with E-state index in [4.69, 9.17) is 9.47 Å². The van der Waals surface area contributed by atoms with E-state index in [-0.39, 0.29) is 64.7 Å². The van der Waals surface area contributed by atoms with E-state index in [0.29, 0.717) is 11.4 Å². The van der Waals surface area contributed by atoms with E-state index in [1.165, 1.54) is 16.2 Å². The van der Waals surface area contributed by atoms with Crippen LogP contribution in [0.3, 0.4) is 0 Å². The lowest BCUT2D eigenvalue weighted by Crippen LogP contribution is -2.42. The van der Waals surface area contributed by atoms with Crippen LogP contribution in [0.2, 0.25) is 0 Å². The summed E-state index contributed by atoms with van der Waals surface area (Å²) in [5.41, 5.74) is 1.48. The molecule has 7 rings (SSSR count). The minimum absolute atomic E-state index is 0.0159. The van der Waals surface area contributed by atoms with Crippen molar-refractivity contribution in [3.63, 3.8) is 0 Å². The number of H-pyrrole nitrogens is 1. The normalized spacial score (nSPS) is 29.8. The van der Waals surface area contributed by atoms with Crippen molar-refractivity contribution in [3.05, 3.63) is 73.1 Å². The summed E-state index contributed by atoms with van der Waals surface area (Å²) in [6.07, 6.45) is 0.796. The summed E-state index contributed by atoms with van der Waals surface area (Å²) in [5, 5.41) is 0.890. The van der Waals surface area contributed by atoms with Gasteiger partial charge in [0.1, 0.15) is 5.75 Å². The topological polar surface area (TPSA) is 106 Å². The molecule has 1 saturated heterocycles. The Balaban J connectivity index is 1.28. The lowest BCUT2D eigenvalue weighted by atomic mass is 9.68. The number of nitrogens with zero attached hydrogens (tertiary/aromatic N) is 1. The van der Waals surface area contributed by atoms with E-state index >= 15 is 0 Å². The number of hydrogen-bond donors (Lipinski definition) is 1. The molecule has 3 aromatic rings. The van der Waals surface area contributed by atoms with Crippen LogP contribution in [0, 0.1) is 29.6 Å². The predicted octanol–water partition coefficient (Wildman–Crippen LogP) is 4.82. The SMILES string of the molecule is CCOC(=O)COc1ccccc1[C@H]1c2sc(=O)[nH]c2SC2C1[C@H]1C[C@@H]2C2C(=O)N(c3ccc(Br)cc3)C(=O)C21. The molecule has 1 N–H and O–H groups in total. The van der Waals surface area contributed by atoms with Gasteiger partial charge in [0.2, 0.25) is 11.8 Å². The molecule has 3 fully saturated rings. The van der Waals surface area contributed by atoms with Crippen LogP contribution in [0.25, 0.3) is 0 Å². The molecule has 2 aliphatic carbocycles. The minimum atomic E-state index is -0.452. The summed E-state index contributed by atoms with van der Waals surface area (Å²) in [6.45, 7) is 1.79. The van der Waals surface area contributed by atoms with Crippen LogP contribution in [0.15, 0.2) is 62.8 Å². The number of carbonyl (C=O) groups excluding carboxylic acids is 3. The third-order valence-corrected chi connectivity index (χ3v) is 11.8. The molecule has 3 heterocycles. The van der Waals surface area contributed by atoms with Crippen molar-refractivity contribution in [2.75, 3.05) is 18.1 Å². The predicted molar refractivity (Wildman–Crippen MR) is 154 cm³/mol. The first-order valence-corrected chi connectivity index (χ1v) is 15.8. The number of aromatic amines is 1. The highest BCUT2D eigenvalue weighted by Gasteiger charge is 2.69. The monoisotopic (exact) mass is 640 g/mol. The Bertz CT molecular complexity index is 1590. The number of ether oxygens (including phenoxy) is 2. The molecule has 0 radical (unpaired) electrons. The molecule has 4 aliphatic rings. The summed E-state index contributed by atoms with van der Waals surface area (Å²) >= 11 is 6.26. The average Bonchev–Trinajstić information content (AvgIpc) is 3.67. The summed E-state index contributed by atoms with van der Waals surface area (Å²) in [7, 11) is 0. The fourth-order valence-corrected chi connectivity index (χ4v) is 10.6. The Morgan fingerprint density at radius 2 is 1.77 bits per heavy atom. The van der Waals surface area contributed by atoms with Crippen molar-refractivity contribution in [1.82, 2.24) is 4.98 Å². The van der Waals surface area contributed by atoms with Crippen molar-refractivity contribution in [2.45, 2.75) is 29.5 Å². The number of esters is 1. The van der Waals surface area contributed by atoms with E-state index in [1.807, 2.05) is 36.4 Å². The van der Waals surface area contributed by atoms with Gasteiger partial charge in [-0.3, -0.25) is 19.3 Å². The van der Waals surface area contributed by atoms with Gasteiger partial charge in [0.05, 0.1) is 29.2 Å². The quantitative estimate of drug-likeness (QED) is 0.304. The number of aromatic nitrogens is 1. The number of benzene rings is 2. The van der Waals surface area contributed by atoms with Crippen LogP contribution in [0.4, 0.5) is 5.69 Å². The second-order valence-corrected chi connectivity index (χ2v) is 13.7. The Morgan fingerprint density at radius 3 is 2.52 bits per heavy atom. The smallest absolute Gasteiger partial charge is 0.344 e. The maximum absolute atomic E-state index is 13.9. The molecular weight excluding hydrogens is 616 g/mol. The van der Waals surface area contributed by atoms with Gasteiger partial charge >= 0.3 is 10.8 Å². The van der Waals surface area contributed by atoms with Gasteiger partial charge in [-0.05, 0) is 61.4 Å². The van der Waals surface area contributed by atoms with Crippen molar-refractivity contribution in [2.24, 2.45) is 29.6 Å². The van der Waals surface area contributed by atoms with Crippen molar-refractivity contribution in [1.29, 1.82) is 0 Å². The molecule has 206 valence electrons. The largest absolute Gasteiger partial charge is 0.482 e. The lowest BCUT2D eigenvalue weighted by molar-refractivity contribution is -0.145. The number of para-hydroxylation sites is 1. The number of imide groups is 1. The average molecular weight is 642 g/mol. The number of thioether (sulfide) groups is 1. The minimum Gasteiger partial charge on any atom is -0.482 e. The van der Waals surface area contributed by atoms with E-state index in [9.17, 15) is 19.2 Å². The maximum Gasteiger partial charge on any atom is 0.344 e. The number of amides is 2. The van der Waals surface area contributed by atoms with Crippen LogP contribution in [-0.4, -0.2) is 41.2 Å². The van der Waals surface area contributed by atoms with Gasteiger partial charge in [-0.15, -0.1) is 11.8 Å². The second kappa shape index (κ2) is 9.88. The van der Waals surface area contributed by atoms with Crippen molar-refractivity contribution in [3.8, 4) is 5.75 Å². The maximum atomic E-state index is 13.9. The molecular formula is C29H25BrN2O6S2. The van der Waals surface area contributed by atoms with Crippen LogP contribution in [-0.2, 0) is 19.1 Å². The number of rotatable bonds is 6. The molecule has 40 heavy (non-hydrogen) atoms. The number of halogens is 1. The van der Waals surface area contributed by atoms with Crippen molar-refractivity contribution < 1.29 is 23.9 Å². The number of thiazole rings is 1. The zero-order valence-electron chi connectivity index (χ0n) is 21.4. The van der Waals surface area contributed by atoms with E-state index < -0.39 is 11.9 Å². The first-order valence-electron chi connectivity index (χ1n) is 13.3. The second-order valence-electron chi connectivity index (χ2n) is 10.6. The lowest BCUT2D eigenvalue weighted by Gasteiger charge is -2.43. The molecule has 2 aliphatic heterocycles. The Morgan fingerprint density at radius 1 is 1.05 bits per heavy atom. The molecule has 2 aromatic carbocycles. The van der Waals surface area contributed by atoms with Crippen LogP contribution >= 0.6 is 39.0 Å². The third kappa shape index (κ3) is 3.92. The molecule has 0 spiro atoms. The standard InChI is InChI=1S/C29H25BrN2O6S2/c1-2-37-19(33)12-38-18-6-4-3-5-15(18)20-21-16-11-17(24(21)39-26-25(20)40-29(36)31-26)23-22(16)27(34)32(28(23)35)14-9-7-13(30)8-10-14/h3-10,16-17,20-24H,2,11-12H2,1H3,(H,31,36)/t16-,17-,20-,21?,22?,23?,24?/m1/s1. The van der Waals surface area contributed by atoms with Gasteiger partial charge in [-0.2, -0.15) is 0 Å². The molecule has 7 atom stereocenters. The van der Waals surface area contributed by atoms with E-state index in [1.54, 1.807) is 30.8 Å². The van der Waals surface area contributed by atoms with Crippen LogP contribution < -0.4 is 14.5 Å². The number of nitrogens with one attached hydrogen (secondary N) is 1. The van der Waals surface area contributed by atoms with Gasteiger partial charge in [-0.25, -0.2) is 4.79 Å². The van der Waals surface area contributed by atoms with E-state index in [2.05, 4.69) is 20.9 Å². The zero-order chi connectivity index (χ0) is 27.7. The van der Waals surface area contributed by atoms with E-state index in [0.717, 1.165) is 26.4 Å². The highest BCUT2D eigenvalue weighted by Crippen LogP contribution is 2.69. The summed E-state index contributed by atoms with van der Waals surface area (Å²) < 4.78 is 11.9. The first-order chi connectivity index (χ1) is 19.4. The van der Waals surface area contributed by atoms with Crippen molar-refractivity contribution >= 4 is 62.5 Å². The number of fused-ring (bicyclic) bond motifs is 9. The number of anilines is 1. The van der Waals surface area contributed by atoms with Gasteiger partial charge in [0.15, 0.2) is 6.61 Å². The molecule has 1 aromatic heterocycles. The molecule has 2 bridgehead atoms. The molecule has 2 saturated carbocycles. The van der Waals surface area contributed by atoms with Crippen LogP contribution in [0.5, 0.6) is 5.75 Å². The first kappa shape index (κ1) is 26.0. The zero-order valence-corrected chi connectivity index (χ0v) is 24.6. The fourth-order valence-electron chi connectivity index (χ4n) is 7.42. The summed E-state index contributed by atoms with van der Waals surface area (Å²) in [5.74, 6) is -1.07. The highest BCUT2D eigenvalue weighted by atomic mass is 79.9. The molecule has 4 unspecified atom stereocenters. The summed E-state index contributed by atoms with van der Waals surface area (Å²) in [6, 6.07) is 14.9. The third-order valence-electron chi connectivity index (χ3n) is 8.71. The fraction of sp³-hybridized carbons (Fsp3) is 0.379. The van der Waals surface area contributed by atoms with Gasteiger partial charge in [0, 0.05) is 26.1 Å². The molecule has 2 amide bonds. The summed E-state index contributed by atoms with van der Waals surface area (Å²) in [4.78, 5) is 57.5. The number of hydrogen-bond acceptors (Lipinski definition) is 8.